The van der Waals surface area contributed by atoms with Gasteiger partial charge < -0.3 is 24.1 Å². The van der Waals surface area contributed by atoms with E-state index in [-0.39, 0.29) is 28.6 Å². The number of alkyl carbamates (subject to hydrolysis) is 1. The average molecular weight is 588 g/mol. The third kappa shape index (κ3) is 6.85. The number of carbonyl (C=O) groups is 2. The lowest BCUT2D eigenvalue weighted by atomic mass is 10.1. The van der Waals surface area contributed by atoms with Crippen molar-refractivity contribution in [1.82, 2.24) is 25.7 Å². The number of fused-ring (bicyclic) bond motifs is 1. The molecule has 2 heterocycles. The van der Waals surface area contributed by atoms with Gasteiger partial charge in [0.05, 0.1) is 27.0 Å². The fourth-order valence-electron chi connectivity index (χ4n) is 3.90. The van der Waals surface area contributed by atoms with E-state index in [1.54, 1.807) is 35.3 Å². The van der Waals surface area contributed by atoms with Gasteiger partial charge in [0.2, 0.25) is 0 Å². The van der Waals surface area contributed by atoms with Crippen molar-refractivity contribution in [3.05, 3.63) is 59.4 Å². The molecule has 2 aromatic heterocycles. The van der Waals surface area contributed by atoms with Gasteiger partial charge in [0.15, 0.2) is 18.0 Å². The fourth-order valence-corrected chi connectivity index (χ4v) is 5.10. The number of hydrogen-bond acceptors (Lipinski definition) is 11. The molecule has 0 aliphatic rings. The molecule has 0 spiro atoms. The molecule has 0 unspecified atom stereocenters. The van der Waals surface area contributed by atoms with Gasteiger partial charge in [0.1, 0.15) is 21.8 Å². The lowest BCUT2D eigenvalue weighted by molar-refractivity contribution is -0.123. The maximum absolute atomic E-state index is 13.5. The van der Waals surface area contributed by atoms with Crippen LogP contribution >= 0.6 is 0 Å². The van der Waals surface area contributed by atoms with Crippen LogP contribution in [0, 0.1) is 0 Å². The van der Waals surface area contributed by atoms with E-state index in [2.05, 4.69) is 25.0 Å². The van der Waals surface area contributed by atoms with Gasteiger partial charge >= 0.3 is 6.09 Å². The molecule has 2 amide bonds. The Morgan fingerprint density at radius 1 is 1.10 bits per heavy atom. The van der Waals surface area contributed by atoms with Crippen LogP contribution in [0.3, 0.4) is 0 Å². The number of ether oxygens (including phenoxy) is 3. The van der Waals surface area contributed by atoms with Crippen LogP contribution in [0.5, 0.6) is 11.5 Å². The zero-order valence-electron chi connectivity index (χ0n) is 22.5. The largest absolute Gasteiger partial charge is 0.496 e. The number of methoxy groups -OCH3 is 2. The minimum atomic E-state index is -4.26. The number of nitrogens with two attached hydrogens (primary N) is 1. The Balaban J connectivity index is 1.60. The molecule has 5 N–H and O–H groups in total. The molecule has 0 aliphatic carbocycles. The van der Waals surface area contributed by atoms with E-state index in [4.69, 9.17) is 19.8 Å². The minimum absolute atomic E-state index is 0.0410. The molecule has 218 valence electrons. The van der Waals surface area contributed by atoms with Gasteiger partial charge in [-0.1, -0.05) is 18.1 Å². The number of nitrogens with zero attached hydrogens (tertiary/aromatic N) is 3. The Hall–Kier alpha value is -4.83. The number of rotatable bonds is 12. The quantitative estimate of drug-likeness (QED) is 0.107. The molecule has 0 saturated heterocycles. The fraction of sp³-hybridized carbons (Fsp3) is 0.280. The van der Waals surface area contributed by atoms with Crippen molar-refractivity contribution < 1.29 is 36.7 Å². The Morgan fingerprint density at radius 3 is 2.61 bits per heavy atom. The lowest BCUT2D eigenvalue weighted by Gasteiger charge is -2.14. The lowest BCUT2D eigenvalue weighted by Crippen LogP contribution is -2.34. The molecule has 4 rings (SSSR count). The molecule has 0 radical (unpaired) electrons. The molecular weight excluding hydrogens is 558 g/mol. The second-order valence-electron chi connectivity index (χ2n) is 8.69. The summed E-state index contributed by atoms with van der Waals surface area (Å²) in [7, 11) is -1.54. The normalized spacial score (nSPS) is 11.2. The van der Waals surface area contributed by atoms with Crippen molar-refractivity contribution in [2.24, 2.45) is 5.84 Å². The van der Waals surface area contributed by atoms with Crippen LogP contribution in [-0.4, -0.2) is 56.2 Å². The first-order valence-corrected chi connectivity index (χ1v) is 13.7. The summed E-state index contributed by atoms with van der Waals surface area (Å²) in [6.45, 7) is 1.97. The van der Waals surface area contributed by atoms with E-state index >= 15 is 0 Å². The molecule has 0 aliphatic heterocycles. The number of amides is 2. The highest BCUT2D eigenvalue weighted by Gasteiger charge is 2.25. The summed E-state index contributed by atoms with van der Waals surface area (Å²) in [4.78, 5) is 22.7. The van der Waals surface area contributed by atoms with Gasteiger partial charge in [-0.15, -0.1) is 0 Å². The van der Waals surface area contributed by atoms with Crippen molar-refractivity contribution in [2.45, 2.75) is 31.3 Å². The monoisotopic (exact) mass is 587 g/mol. The van der Waals surface area contributed by atoms with Gasteiger partial charge in [-0.3, -0.25) is 19.6 Å². The third-order valence-corrected chi connectivity index (χ3v) is 7.29. The number of sulfonamides is 1. The van der Waals surface area contributed by atoms with Crippen molar-refractivity contribution in [2.75, 3.05) is 25.5 Å². The van der Waals surface area contributed by atoms with Crippen LogP contribution in [0.25, 0.3) is 11.0 Å². The smallest absolute Gasteiger partial charge is 0.407 e. The zero-order valence-corrected chi connectivity index (χ0v) is 23.3. The van der Waals surface area contributed by atoms with Gasteiger partial charge in [-0.25, -0.2) is 19.1 Å². The molecule has 41 heavy (non-hydrogen) atoms. The van der Waals surface area contributed by atoms with Crippen LogP contribution in [0.1, 0.15) is 23.6 Å². The summed E-state index contributed by atoms with van der Waals surface area (Å²) in [6, 6.07) is 8.02. The van der Waals surface area contributed by atoms with E-state index < -0.39 is 28.6 Å². The summed E-state index contributed by atoms with van der Waals surface area (Å²) in [5.74, 6) is 4.65. The molecule has 0 fully saturated rings. The molecule has 0 bridgehead atoms. The van der Waals surface area contributed by atoms with Crippen molar-refractivity contribution in [1.29, 1.82) is 0 Å². The average Bonchev–Trinajstić information content (AvgIpc) is 3.60. The first-order chi connectivity index (χ1) is 19.7. The predicted molar refractivity (Wildman–Crippen MR) is 146 cm³/mol. The summed E-state index contributed by atoms with van der Waals surface area (Å²) >= 11 is 0. The summed E-state index contributed by atoms with van der Waals surface area (Å²) in [5, 5.41) is 11.1. The van der Waals surface area contributed by atoms with Crippen LogP contribution in [0.4, 0.5) is 10.6 Å². The van der Waals surface area contributed by atoms with Crippen LogP contribution in [0.15, 0.2) is 52.1 Å². The molecule has 16 heteroatoms. The number of anilines is 1. The molecule has 4 aromatic rings. The van der Waals surface area contributed by atoms with Gasteiger partial charge in [0, 0.05) is 18.3 Å². The number of carbonyl (C=O) groups excluding carboxylic acids is 2. The van der Waals surface area contributed by atoms with E-state index in [1.165, 1.54) is 26.4 Å². The van der Waals surface area contributed by atoms with E-state index in [0.717, 1.165) is 16.7 Å². The van der Waals surface area contributed by atoms with E-state index in [9.17, 15) is 18.0 Å². The predicted octanol–water partition coefficient (Wildman–Crippen LogP) is 1.67. The number of aryl methyl sites for hydroxylation is 1. The highest BCUT2D eigenvalue weighted by Crippen LogP contribution is 2.36. The first kappa shape index (κ1) is 29.2. The maximum Gasteiger partial charge on any atom is 0.407 e. The second kappa shape index (κ2) is 12.6. The second-order valence-corrected chi connectivity index (χ2v) is 10.3. The summed E-state index contributed by atoms with van der Waals surface area (Å²) < 4.78 is 52.1. The molecule has 2 aromatic carbocycles. The highest BCUT2D eigenvalue weighted by atomic mass is 32.2. The molecule has 0 atom stereocenters. The van der Waals surface area contributed by atoms with Crippen molar-refractivity contribution in [3.8, 4) is 11.5 Å². The van der Waals surface area contributed by atoms with Crippen LogP contribution < -0.4 is 30.8 Å². The topological polar surface area (TPSA) is 202 Å². The van der Waals surface area contributed by atoms with E-state index in [0.29, 0.717) is 24.1 Å². The Kier molecular flexibility index (Phi) is 8.94. The number of aromatic nitrogens is 3. The third-order valence-electron chi connectivity index (χ3n) is 5.93. The van der Waals surface area contributed by atoms with Gasteiger partial charge in [-0.05, 0) is 41.8 Å². The Bertz CT molecular complexity index is 1670. The minimum Gasteiger partial charge on any atom is -0.496 e. The summed E-state index contributed by atoms with van der Waals surface area (Å²) in [5.41, 5.74) is 4.43. The zero-order chi connectivity index (χ0) is 29.6. The molecule has 15 nitrogen and oxygen atoms in total. The standard InChI is InChI=1S/C25H29N7O8S/c1-4-15-5-6-18(39-14-22(33)29-26)21(9-15)41(35,36)31-24-23-19(37-2)7-16(8-20(23)40-30-24)12-32-13-17(11-28-32)10-27-25(34)38-3/h5-9,11,13H,4,10,12,14,26H2,1-3H3,(H,27,34)(H,29,33)(H,30,31). The maximum atomic E-state index is 13.5. The Morgan fingerprint density at radius 2 is 1.90 bits per heavy atom. The van der Waals surface area contributed by atoms with Gasteiger partial charge in [-0.2, -0.15) is 5.10 Å². The number of hydrazine groups is 1. The summed E-state index contributed by atoms with van der Waals surface area (Å²) in [6.07, 6.45) is 3.38. The number of nitrogens with one attached hydrogen (secondary N) is 3. The SMILES string of the molecule is CCc1ccc(OCC(=O)NN)c(S(=O)(=O)Nc2noc3cc(Cn4cc(CNC(=O)OC)cn4)cc(OC)c23)c1. The van der Waals surface area contributed by atoms with Crippen molar-refractivity contribution >= 4 is 38.8 Å². The first-order valence-electron chi connectivity index (χ1n) is 12.2. The van der Waals surface area contributed by atoms with E-state index in [1.807, 2.05) is 12.3 Å². The number of benzene rings is 2. The van der Waals surface area contributed by atoms with Gasteiger partial charge in [0.25, 0.3) is 15.9 Å². The Labute approximate surface area is 234 Å². The van der Waals surface area contributed by atoms with Crippen LogP contribution in [-0.2, 0) is 39.1 Å². The highest BCUT2D eigenvalue weighted by molar-refractivity contribution is 7.92. The molecular formula is C25H29N7O8S. The van der Waals surface area contributed by atoms with Crippen molar-refractivity contribution in [3.63, 3.8) is 0 Å². The number of hydrogen-bond donors (Lipinski definition) is 4. The molecule has 0 saturated carbocycles. The van der Waals surface area contributed by atoms with Crippen LogP contribution in [0.2, 0.25) is 0 Å².